The zero-order valence-electron chi connectivity index (χ0n) is 12.1. The quantitative estimate of drug-likeness (QED) is 0.521. The summed E-state index contributed by atoms with van der Waals surface area (Å²) < 4.78 is 0. The van der Waals surface area contributed by atoms with Gasteiger partial charge in [-0.3, -0.25) is 0 Å². The summed E-state index contributed by atoms with van der Waals surface area (Å²) in [7, 11) is 0. The van der Waals surface area contributed by atoms with Gasteiger partial charge in [0.05, 0.1) is 0 Å². The van der Waals surface area contributed by atoms with Crippen LogP contribution in [0.5, 0.6) is 0 Å². The van der Waals surface area contributed by atoms with E-state index in [2.05, 4.69) is 48.5 Å². The zero-order chi connectivity index (χ0) is 12.1. The Labute approximate surface area is 97.8 Å². The van der Waals surface area contributed by atoms with Crippen molar-refractivity contribution in [3.63, 3.8) is 0 Å². The van der Waals surface area contributed by atoms with E-state index in [-0.39, 0.29) is 0 Å². The Morgan fingerprint density at radius 2 is 1.53 bits per heavy atom. The molecular weight excluding hydrogens is 180 g/mol. The first-order valence-corrected chi connectivity index (χ1v) is 6.84. The van der Waals surface area contributed by atoms with Gasteiger partial charge < -0.3 is 0 Å². The van der Waals surface area contributed by atoms with Crippen LogP contribution in [0, 0.1) is 23.2 Å². The first kappa shape index (κ1) is 15.0. The van der Waals surface area contributed by atoms with Crippen LogP contribution in [0.1, 0.15) is 74.1 Å². The second-order valence-electron chi connectivity index (χ2n) is 6.33. The zero-order valence-corrected chi connectivity index (χ0v) is 12.1. The molecule has 0 aromatic rings. The molecule has 0 aliphatic rings. The van der Waals surface area contributed by atoms with E-state index in [1.54, 1.807) is 0 Å². The lowest BCUT2D eigenvalue weighted by molar-refractivity contribution is 0.209. The lowest BCUT2D eigenvalue weighted by Crippen LogP contribution is -2.19. The number of hydrogen-bond acceptors (Lipinski definition) is 0. The van der Waals surface area contributed by atoms with Crippen molar-refractivity contribution < 1.29 is 0 Å². The summed E-state index contributed by atoms with van der Waals surface area (Å²) in [4.78, 5) is 0. The van der Waals surface area contributed by atoms with E-state index in [0.717, 1.165) is 17.8 Å². The van der Waals surface area contributed by atoms with E-state index < -0.39 is 0 Å². The molecule has 0 radical (unpaired) electrons. The Balaban J connectivity index is 4.11. The van der Waals surface area contributed by atoms with Crippen LogP contribution in [0.4, 0.5) is 0 Å². The van der Waals surface area contributed by atoms with Gasteiger partial charge >= 0.3 is 0 Å². The predicted octanol–water partition coefficient (Wildman–Crippen LogP) is 5.52. The second-order valence-corrected chi connectivity index (χ2v) is 6.33. The molecular formula is C15H32. The van der Waals surface area contributed by atoms with Crippen molar-refractivity contribution in [3.8, 4) is 0 Å². The maximum atomic E-state index is 2.43. The Bertz CT molecular complexity index is 155. The fraction of sp³-hybridized carbons (Fsp3) is 1.00. The van der Waals surface area contributed by atoms with Crippen LogP contribution in [0.25, 0.3) is 0 Å². The van der Waals surface area contributed by atoms with Crippen LogP contribution in [0.15, 0.2) is 0 Å². The standard InChI is InChI=1S/C15H32/c1-8-14(13(5)12(3)4)10-11-15(6,7)9-2/h12-14H,8-11H2,1-7H3. The molecule has 0 aliphatic carbocycles. The largest absolute Gasteiger partial charge is 0.0651 e. The molecule has 2 unspecified atom stereocenters. The van der Waals surface area contributed by atoms with Gasteiger partial charge in [0.25, 0.3) is 0 Å². The van der Waals surface area contributed by atoms with Gasteiger partial charge in [-0.05, 0) is 36.0 Å². The summed E-state index contributed by atoms with van der Waals surface area (Å²) in [6.07, 6.45) is 5.45. The minimum atomic E-state index is 0.546. The smallest absolute Gasteiger partial charge is 0.0357 e. The van der Waals surface area contributed by atoms with Crippen molar-refractivity contribution in [3.05, 3.63) is 0 Å². The molecule has 0 bridgehead atoms. The molecule has 0 spiro atoms. The molecule has 0 N–H and O–H groups in total. The molecule has 0 aromatic heterocycles. The first-order chi connectivity index (χ1) is 6.84. The maximum absolute atomic E-state index is 2.43. The van der Waals surface area contributed by atoms with E-state index in [1.807, 2.05) is 0 Å². The van der Waals surface area contributed by atoms with E-state index in [0.29, 0.717) is 5.41 Å². The SMILES string of the molecule is CCC(CCC(C)(C)CC)C(C)C(C)C. The number of rotatable bonds is 7. The van der Waals surface area contributed by atoms with Crippen LogP contribution in [0.2, 0.25) is 0 Å². The normalized spacial score (nSPS) is 16.8. The molecule has 2 atom stereocenters. The molecule has 0 amide bonds. The van der Waals surface area contributed by atoms with E-state index in [4.69, 9.17) is 0 Å². The summed E-state index contributed by atoms with van der Waals surface area (Å²) in [5.41, 5.74) is 0.546. The highest BCUT2D eigenvalue weighted by atomic mass is 14.3. The Kier molecular flexibility index (Phi) is 6.55. The van der Waals surface area contributed by atoms with Crippen LogP contribution >= 0.6 is 0 Å². The maximum Gasteiger partial charge on any atom is -0.0357 e. The van der Waals surface area contributed by atoms with Crippen LogP contribution in [0.3, 0.4) is 0 Å². The Hall–Kier alpha value is 0. The summed E-state index contributed by atoms with van der Waals surface area (Å²) in [6, 6.07) is 0. The molecule has 0 aliphatic heterocycles. The molecule has 0 rings (SSSR count). The summed E-state index contributed by atoms with van der Waals surface area (Å²) >= 11 is 0. The Morgan fingerprint density at radius 1 is 1.00 bits per heavy atom. The van der Waals surface area contributed by atoms with Gasteiger partial charge in [-0.15, -0.1) is 0 Å². The third-order valence-corrected chi connectivity index (χ3v) is 4.47. The lowest BCUT2D eigenvalue weighted by atomic mass is 9.76. The summed E-state index contributed by atoms with van der Waals surface area (Å²) in [5.74, 6) is 2.64. The second kappa shape index (κ2) is 6.55. The first-order valence-electron chi connectivity index (χ1n) is 6.84. The van der Waals surface area contributed by atoms with Crippen LogP contribution in [-0.2, 0) is 0 Å². The highest BCUT2D eigenvalue weighted by Crippen LogP contribution is 2.33. The minimum Gasteiger partial charge on any atom is -0.0651 e. The van der Waals surface area contributed by atoms with E-state index in [1.165, 1.54) is 25.7 Å². The number of hydrogen-bond donors (Lipinski definition) is 0. The molecule has 92 valence electrons. The molecule has 0 saturated carbocycles. The molecule has 15 heavy (non-hydrogen) atoms. The summed E-state index contributed by atoms with van der Waals surface area (Å²) in [6.45, 7) is 16.6. The average molecular weight is 212 g/mol. The molecule has 0 aromatic carbocycles. The molecule has 0 saturated heterocycles. The average Bonchev–Trinajstić information content (AvgIpc) is 2.18. The third kappa shape index (κ3) is 5.58. The van der Waals surface area contributed by atoms with Gasteiger partial charge in [0, 0.05) is 0 Å². The third-order valence-electron chi connectivity index (χ3n) is 4.47. The summed E-state index contributed by atoms with van der Waals surface area (Å²) in [5, 5.41) is 0. The van der Waals surface area contributed by atoms with Crippen molar-refractivity contribution in [1.82, 2.24) is 0 Å². The van der Waals surface area contributed by atoms with Gasteiger partial charge in [-0.2, -0.15) is 0 Å². The van der Waals surface area contributed by atoms with Gasteiger partial charge in [0.1, 0.15) is 0 Å². The molecule has 0 nitrogen and oxygen atoms in total. The van der Waals surface area contributed by atoms with Crippen molar-refractivity contribution in [1.29, 1.82) is 0 Å². The minimum absolute atomic E-state index is 0.546. The highest BCUT2D eigenvalue weighted by molar-refractivity contribution is 4.73. The van der Waals surface area contributed by atoms with Gasteiger partial charge in [0.2, 0.25) is 0 Å². The monoisotopic (exact) mass is 212 g/mol. The molecule has 0 heterocycles. The van der Waals surface area contributed by atoms with Crippen molar-refractivity contribution in [2.75, 3.05) is 0 Å². The fourth-order valence-corrected chi connectivity index (χ4v) is 2.14. The predicted molar refractivity (Wildman–Crippen MR) is 71.1 cm³/mol. The lowest BCUT2D eigenvalue weighted by Gasteiger charge is -2.30. The van der Waals surface area contributed by atoms with E-state index in [9.17, 15) is 0 Å². The van der Waals surface area contributed by atoms with Crippen molar-refractivity contribution >= 4 is 0 Å². The van der Waals surface area contributed by atoms with E-state index >= 15 is 0 Å². The van der Waals surface area contributed by atoms with Gasteiger partial charge in [-0.25, -0.2) is 0 Å². The van der Waals surface area contributed by atoms with Crippen molar-refractivity contribution in [2.24, 2.45) is 23.2 Å². The van der Waals surface area contributed by atoms with Crippen LogP contribution in [-0.4, -0.2) is 0 Å². The van der Waals surface area contributed by atoms with Gasteiger partial charge in [0.15, 0.2) is 0 Å². The molecule has 0 heteroatoms. The topological polar surface area (TPSA) is 0 Å². The van der Waals surface area contributed by atoms with Crippen molar-refractivity contribution in [2.45, 2.75) is 74.1 Å². The van der Waals surface area contributed by atoms with Crippen LogP contribution < -0.4 is 0 Å². The fourth-order valence-electron chi connectivity index (χ4n) is 2.14. The Morgan fingerprint density at radius 3 is 1.87 bits per heavy atom. The van der Waals surface area contributed by atoms with Gasteiger partial charge in [-0.1, -0.05) is 61.3 Å². The highest BCUT2D eigenvalue weighted by Gasteiger charge is 2.22. The molecule has 0 fully saturated rings.